The summed E-state index contributed by atoms with van der Waals surface area (Å²) < 4.78 is 13.4. The maximum atomic E-state index is 13.4. The topological polar surface area (TPSA) is 16.1 Å². The molecule has 2 aliphatic rings. The minimum atomic E-state index is -0.169. The van der Waals surface area contributed by atoms with Crippen LogP contribution in [0.5, 0.6) is 0 Å². The van der Waals surface area contributed by atoms with Crippen molar-refractivity contribution in [3.63, 3.8) is 0 Å². The number of aromatic nitrogens is 1. The Labute approximate surface area is 156 Å². The minimum absolute atomic E-state index is 0.169. The van der Waals surface area contributed by atoms with Gasteiger partial charge in [0.15, 0.2) is 0 Å². The molecule has 26 heavy (non-hydrogen) atoms. The van der Waals surface area contributed by atoms with Crippen LogP contribution in [0.4, 0.5) is 4.39 Å². The SMILES string of the molecule is CCN1CCC(c2cc(-c3ccc(F)cc3)c3c(n2)C(C)CCC3)CC1. The lowest BCUT2D eigenvalue weighted by Gasteiger charge is -2.32. The molecule has 4 rings (SSSR count). The molecule has 2 aromatic rings. The van der Waals surface area contributed by atoms with Crippen LogP contribution in [0.3, 0.4) is 0 Å². The number of halogens is 1. The highest BCUT2D eigenvalue weighted by Gasteiger charge is 2.26. The van der Waals surface area contributed by atoms with E-state index in [0.717, 1.165) is 18.5 Å². The molecule has 1 saturated heterocycles. The summed E-state index contributed by atoms with van der Waals surface area (Å²) in [6.45, 7) is 8.03. The minimum Gasteiger partial charge on any atom is -0.304 e. The van der Waals surface area contributed by atoms with E-state index in [1.807, 2.05) is 12.1 Å². The fourth-order valence-electron chi connectivity index (χ4n) is 4.65. The van der Waals surface area contributed by atoms with Crippen LogP contribution >= 0.6 is 0 Å². The Morgan fingerprint density at radius 2 is 1.85 bits per heavy atom. The third kappa shape index (κ3) is 3.42. The molecule has 0 N–H and O–H groups in total. The van der Waals surface area contributed by atoms with Gasteiger partial charge in [0, 0.05) is 17.3 Å². The molecule has 1 aromatic heterocycles. The van der Waals surface area contributed by atoms with Crippen molar-refractivity contribution in [3.05, 3.63) is 53.1 Å². The number of piperidine rings is 1. The zero-order valence-corrected chi connectivity index (χ0v) is 16.0. The largest absolute Gasteiger partial charge is 0.304 e. The van der Waals surface area contributed by atoms with Crippen molar-refractivity contribution in [2.75, 3.05) is 19.6 Å². The molecule has 2 nitrogen and oxygen atoms in total. The van der Waals surface area contributed by atoms with Gasteiger partial charge in [0.05, 0.1) is 0 Å². The highest BCUT2D eigenvalue weighted by atomic mass is 19.1. The van der Waals surface area contributed by atoms with Gasteiger partial charge in [-0.15, -0.1) is 0 Å². The van der Waals surface area contributed by atoms with Gasteiger partial charge in [0.1, 0.15) is 5.82 Å². The number of nitrogens with zero attached hydrogens (tertiary/aromatic N) is 2. The van der Waals surface area contributed by atoms with Gasteiger partial charge in [0.2, 0.25) is 0 Å². The maximum Gasteiger partial charge on any atom is 0.123 e. The number of pyridine rings is 1. The maximum absolute atomic E-state index is 13.4. The molecule has 0 radical (unpaired) electrons. The predicted molar refractivity (Wildman–Crippen MR) is 105 cm³/mol. The molecule has 2 heterocycles. The summed E-state index contributed by atoms with van der Waals surface area (Å²) in [7, 11) is 0. The van der Waals surface area contributed by atoms with Crippen LogP contribution in [0.1, 0.15) is 68.3 Å². The second kappa shape index (κ2) is 7.48. The smallest absolute Gasteiger partial charge is 0.123 e. The Morgan fingerprint density at radius 1 is 1.12 bits per heavy atom. The van der Waals surface area contributed by atoms with Crippen molar-refractivity contribution in [1.29, 1.82) is 0 Å². The van der Waals surface area contributed by atoms with Crippen molar-refractivity contribution in [3.8, 4) is 11.1 Å². The van der Waals surface area contributed by atoms with Crippen molar-refractivity contribution >= 4 is 0 Å². The Bertz CT molecular complexity index is 761. The van der Waals surface area contributed by atoms with Crippen LogP contribution in [0.15, 0.2) is 30.3 Å². The fourth-order valence-corrected chi connectivity index (χ4v) is 4.65. The van der Waals surface area contributed by atoms with E-state index in [1.165, 1.54) is 61.3 Å². The first-order valence-corrected chi connectivity index (χ1v) is 10.2. The summed E-state index contributed by atoms with van der Waals surface area (Å²) in [4.78, 5) is 7.71. The zero-order valence-electron chi connectivity index (χ0n) is 16.0. The van der Waals surface area contributed by atoms with Gasteiger partial charge < -0.3 is 4.90 Å². The van der Waals surface area contributed by atoms with Crippen LogP contribution in [0.25, 0.3) is 11.1 Å². The van der Waals surface area contributed by atoms with Crippen molar-refractivity contribution in [2.45, 2.75) is 57.8 Å². The number of hydrogen-bond acceptors (Lipinski definition) is 2. The van der Waals surface area contributed by atoms with E-state index in [-0.39, 0.29) is 5.82 Å². The Kier molecular flexibility index (Phi) is 5.08. The molecular weight excluding hydrogens is 323 g/mol. The number of likely N-dealkylation sites (tertiary alicyclic amines) is 1. The van der Waals surface area contributed by atoms with Crippen molar-refractivity contribution in [2.24, 2.45) is 0 Å². The molecule has 0 bridgehead atoms. The molecule has 3 heteroatoms. The number of fused-ring (bicyclic) bond motifs is 1. The van der Waals surface area contributed by atoms with E-state index in [1.54, 1.807) is 12.1 Å². The molecule has 0 spiro atoms. The summed E-state index contributed by atoms with van der Waals surface area (Å²) in [6, 6.07) is 9.32. The van der Waals surface area contributed by atoms with Gasteiger partial charge in [-0.1, -0.05) is 26.0 Å². The second-order valence-electron chi connectivity index (χ2n) is 7.97. The molecule has 1 fully saturated rings. The van der Waals surface area contributed by atoms with Gasteiger partial charge in [-0.05, 0) is 92.5 Å². The van der Waals surface area contributed by atoms with Crippen LogP contribution in [-0.2, 0) is 6.42 Å². The van der Waals surface area contributed by atoms with Crippen molar-refractivity contribution in [1.82, 2.24) is 9.88 Å². The first-order chi connectivity index (χ1) is 12.7. The molecule has 1 unspecified atom stereocenters. The molecule has 1 aliphatic carbocycles. The molecular formula is C23H29FN2. The average Bonchev–Trinajstić information content (AvgIpc) is 2.68. The normalized spacial score (nSPS) is 21.6. The van der Waals surface area contributed by atoms with Crippen LogP contribution in [0, 0.1) is 5.82 Å². The van der Waals surface area contributed by atoms with Gasteiger partial charge in [-0.25, -0.2) is 4.39 Å². The molecule has 0 saturated carbocycles. The third-order valence-corrected chi connectivity index (χ3v) is 6.32. The van der Waals surface area contributed by atoms with Crippen LogP contribution in [0.2, 0.25) is 0 Å². The standard InChI is InChI=1S/C23H29FN2/c1-3-26-13-11-18(12-14-26)22-15-21(17-7-9-19(24)10-8-17)20-6-4-5-16(2)23(20)25-22/h7-10,15-16,18H,3-6,11-14H2,1-2H3. The highest BCUT2D eigenvalue weighted by Crippen LogP contribution is 2.39. The lowest BCUT2D eigenvalue weighted by molar-refractivity contribution is 0.220. The van der Waals surface area contributed by atoms with E-state index in [9.17, 15) is 4.39 Å². The summed E-state index contributed by atoms with van der Waals surface area (Å²) in [5, 5.41) is 0. The summed E-state index contributed by atoms with van der Waals surface area (Å²) in [6.07, 6.45) is 5.92. The third-order valence-electron chi connectivity index (χ3n) is 6.32. The molecule has 138 valence electrons. The number of benzene rings is 1. The zero-order chi connectivity index (χ0) is 18.1. The van der Waals surface area contributed by atoms with E-state index >= 15 is 0 Å². The molecule has 1 aliphatic heterocycles. The quantitative estimate of drug-likeness (QED) is 0.722. The van der Waals surface area contributed by atoms with Gasteiger partial charge in [0.25, 0.3) is 0 Å². The molecule has 1 atom stereocenters. The molecule has 0 amide bonds. The lowest BCUT2D eigenvalue weighted by Crippen LogP contribution is -2.33. The first kappa shape index (κ1) is 17.7. The first-order valence-electron chi connectivity index (χ1n) is 10.2. The van der Waals surface area contributed by atoms with Gasteiger partial charge >= 0.3 is 0 Å². The van der Waals surface area contributed by atoms with Crippen molar-refractivity contribution < 1.29 is 4.39 Å². The number of hydrogen-bond donors (Lipinski definition) is 0. The highest BCUT2D eigenvalue weighted by molar-refractivity contribution is 5.69. The van der Waals surface area contributed by atoms with Crippen LogP contribution in [-0.4, -0.2) is 29.5 Å². The average molecular weight is 352 g/mol. The van der Waals surface area contributed by atoms with E-state index in [4.69, 9.17) is 4.98 Å². The van der Waals surface area contributed by atoms with Crippen LogP contribution < -0.4 is 0 Å². The molecule has 1 aromatic carbocycles. The second-order valence-corrected chi connectivity index (χ2v) is 7.97. The Balaban J connectivity index is 1.75. The van der Waals surface area contributed by atoms with E-state index in [0.29, 0.717) is 11.8 Å². The monoisotopic (exact) mass is 352 g/mol. The Morgan fingerprint density at radius 3 is 2.54 bits per heavy atom. The predicted octanol–water partition coefficient (Wildman–Crippen LogP) is 5.53. The summed E-state index contributed by atoms with van der Waals surface area (Å²) in [5.41, 5.74) is 6.37. The van der Waals surface area contributed by atoms with E-state index < -0.39 is 0 Å². The summed E-state index contributed by atoms with van der Waals surface area (Å²) in [5.74, 6) is 0.905. The Hall–Kier alpha value is -1.74. The lowest BCUT2D eigenvalue weighted by atomic mass is 9.82. The summed E-state index contributed by atoms with van der Waals surface area (Å²) >= 11 is 0. The van der Waals surface area contributed by atoms with E-state index in [2.05, 4.69) is 24.8 Å². The van der Waals surface area contributed by atoms with Gasteiger partial charge in [-0.2, -0.15) is 0 Å². The fraction of sp³-hybridized carbons (Fsp3) is 0.522. The van der Waals surface area contributed by atoms with Gasteiger partial charge in [-0.3, -0.25) is 4.98 Å². The number of rotatable bonds is 3.